The number of aromatic nitrogens is 1. The molecule has 1 amide bonds. The molecule has 0 fully saturated rings. The summed E-state index contributed by atoms with van der Waals surface area (Å²) in [6.45, 7) is 1.63. The van der Waals surface area contributed by atoms with E-state index in [1.807, 2.05) is 0 Å². The number of amides is 1. The SMILES string of the molecule is COC(=O)c1sc(NC(=O)c2cccc(S(=O)(=O)N(C)C)c2)nc1C. The summed E-state index contributed by atoms with van der Waals surface area (Å²) < 4.78 is 30.0. The van der Waals surface area contributed by atoms with E-state index in [9.17, 15) is 18.0 Å². The summed E-state index contributed by atoms with van der Waals surface area (Å²) >= 11 is 0.986. The second kappa shape index (κ2) is 7.30. The molecule has 0 spiro atoms. The number of thiazole rings is 1. The molecule has 1 N–H and O–H groups in total. The third kappa shape index (κ3) is 4.03. The highest BCUT2D eigenvalue weighted by Crippen LogP contribution is 2.24. The molecule has 0 radical (unpaired) electrons. The number of rotatable bonds is 5. The molecule has 25 heavy (non-hydrogen) atoms. The van der Waals surface area contributed by atoms with Crippen molar-refractivity contribution >= 4 is 38.4 Å². The van der Waals surface area contributed by atoms with E-state index in [2.05, 4.69) is 15.0 Å². The van der Waals surface area contributed by atoms with Crippen LogP contribution in [0.2, 0.25) is 0 Å². The molecule has 0 saturated carbocycles. The number of methoxy groups -OCH3 is 1. The van der Waals surface area contributed by atoms with Gasteiger partial charge in [-0.05, 0) is 25.1 Å². The third-order valence-corrected chi connectivity index (χ3v) is 6.13. The first-order valence-electron chi connectivity index (χ1n) is 7.06. The molecular formula is C15H17N3O5S2. The number of carbonyl (C=O) groups excluding carboxylic acids is 2. The smallest absolute Gasteiger partial charge is 0.350 e. The van der Waals surface area contributed by atoms with Gasteiger partial charge in [-0.1, -0.05) is 17.4 Å². The second-order valence-corrected chi connectivity index (χ2v) is 8.35. The standard InChI is InChI=1S/C15H17N3O5S2/c1-9-12(14(20)23-4)24-15(16-9)17-13(19)10-6-5-7-11(8-10)25(21,22)18(2)3/h5-8H,1-4H3,(H,16,17,19). The lowest BCUT2D eigenvalue weighted by Crippen LogP contribution is -2.22. The van der Waals surface area contributed by atoms with Crippen molar-refractivity contribution in [1.29, 1.82) is 0 Å². The predicted octanol–water partition coefficient (Wildman–Crippen LogP) is 1.74. The largest absolute Gasteiger partial charge is 0.465 e. The topological polar surface area (TPSA) is 106 Å². The molecule has 2 aromatic rings. The van der Waals surface area contributed by atoms with Crippen LogP contribution in [-0.4, -0.2) is 50.8 Å². The van der Waals surface area contributed by atoms with E-state index in [4.69, 9.17) is 0 Å². The molecule has 134 valence electrons. The van der Waals surface area contributed by atoms with Crippen LogP contribution in [0, 0.1) is 6.92 Å². The van der Waals surface area contributed by atoms with E-state index in [1.165, 1.54) is 45.5 Å². The summed E-state index contributed by atoms with van der Waals surface area (Å²) in [5, 5.41) is 2.78. The minimum atomic E-state index is -3.64. The average molecular weight is 383 g/mol. The molecule has 8 nitrogen and oxygen atoms in total. The van der Waals surface area contributed by atoms with Gasteiger partial charge in [0.25, 0.3) is 5.91 Å². The lowest BCUT2D eigenvalue weighted by Gasteiger charge is -2.12. The fourth-order valence-corrected chi connectivity index (χ4v) is 3.74. The fourth-order valence-electron chi connectivity index (χ4n) is 1.91. The Balaban J connectivity index is 2.27. The van der Waals surface area contributed by atoms with Crippen molar-refractivity contribution in [3.63, 3.8) is 0 Å². The van der Waals surface area contributed by atoms with Crippen LogP contribution in [0.5, 0.6) is 0 Å². The second-order valence-electron chi connectivity index (χ2n) is 5.19. The Hall–Kier alpha value is -2.30. The molecule has 0 aliphatic rings. The van der Waals surface area contributed by atoms with Gasteiger partial charge >= 0.3 is 5.97 Å². The van der Waals surface area contributed by atoms with E-state index in [1.54, 1.807) is 6.92 Å². The molecule has 0 unspecified atom stereocenters. The Labute approximate surface area is 149 Å². The Kier molecular flexibility index (Phi) is 5.55. The Morgan fingerprint density at radius 2 is 1.96 bits per heavy atom. The molecule has 0 bridgehead atoms. The third-order valence-electron chi connectivity index (χ3n) is 3.26. The van der Waals surface area contributed by atoms with Gasteiger partial charge in [0, 0.05) is 19.7 Å². The lowest BCUT2D eigenvalue weighted by molar-refractivity contribution is 0.0605. The number of hydrogen-bond acceptors (Lipinski definition) is 7. The summed E-state index contributed by atoms with van der Waals surface area (Å²) in [6, 6.07) is 5.67. The maximum atomic E-state index is 12.4. The monoisotopic (exact) mass is 383 g/mol. The molecule has 1 heterocycles. The van der Waals surface area contributed by atoms with E-state index >= 15 is 0 Å². The highest BCUT2D eigenvalue weighted by Gasteiger charge is 2.20. The zero-order chi connectivity index (χ0) is 18.8. The number of nitrogens with zero attached hydrogens (tertiary/aromatic N) is 2. The van der Waals surface area contributed by atoms with Crippen molar-refractivity contribution in [1.82, 2.24) is 9.29 Å². The highest BCUT2D eigenvalue weighted by molar-refractivity contribution is 7.89. The summed E-state index contributed by atoms with van der Waals surface area (Å²) in [5.41, 5.74) is 0.603. The van der Waals surface area contributed by atoms with Crippen LogP contribution in [0.1, 0.15) is 25.7 Å². The minimum absolute atomic E-state index is 0.00993. The van der Waals surface area contributed by atoms with E-state index in [0.717, 1.165) is 15.6 Å². The van der Waals surface area contributed by atoms with Gasteiger partial charge in [-0.3, -0.25) is 10.1 Å². The molecular weight excluding hydrogens is 366 g/mol. The molecule has 0 aliphatic heterocycles. The maximum Gasteiger partial charge on any atom is 0.350 e. The summed E-state index contributed by atoms with van der Waals surface area (Å²) in [5.74, 6) is -1.06. The first-order chi connectivity index (χ1) is 11.7. The van der Waals surface area contributed by atoms with Gasteiger partial charge in [-0.15, -0.1) is 0 Å². The van der Waals surface area contributed by atoms with Crippen molar-refractivity contribution in [2.24, 2.45) is 0 Å². The number of sulfonamides is 1. The van der Waals surface area contributed by atoms with Crippen molar-refractivity contribution < 1.29 is 22.7 Å². The van der Waals surface area contributed by atoms with Crippen LogP contribution >= 0.6 is 11.3 Å². The maximum absolute atomic E-state index is 12.4. The number of esters is 1. The molecule has 1 aromatic carbocycles. The fraction of sp³-hybridized carbons (Fsp3) is 0.267. The molecule has 2 rings (SSSR count). The van der Waals surface area contributed by atoms with Gasteiger partial charge in [0.1, 0.15) is 4.88 Å². The molecule has 0 saturated heterocycles. The van der Waals surface area contributed by atoms with Crippen LogP contribution in [0.3, 0.4) is 0 Å². The van der Waals surface area contributed by atoms with Crippen molar-refractivity contribution in [2.75, 3.05) is 26.5 Å². The van der Waals surface area contributed by atoms with Crippen LogP contribution in [0.25, 0.3) is 0 Å². The molecule has 0 atom stereocenters. The van der Waals surface area contributed by atoms with Crippen molar-refractivity contribution in [3.8, 4) is 0 Å². The Morgan fingerprint density at radius 1 is 1.28 bits per heavy atom. The van der Waals surface area contributed by atoms with Gasteiger partial charge in [0.15, 0.2) is 5.13 Å². The van der Waals surface area contributed by atoms with Gasteiger partial charge in [-0.25, -0.2) is 22.5 Å². The van der Waals surface area contributed by atoms with E-state index in [0.29, 0.717) is 10.6 Å². The van der Waals surface area contributed by atoms with Crippen molar-refractivity contribution in [2.45, 2.75) is 11.8 Å². The van der Waals surface area contributed by atoms with E-state index < -0.39 is 21.9 Å². The molecule has 1 aromatic heterocycles. The number of carbonyl (C=O) groups is 2. The number of nitrogens with one attached hydrogen (secondary N) is 1. The van der Waals surface area contributed by atoms with Gasteiger partial charge in [0.2, 0.25) is 10.0 Å². The minimum Gasteiger partial charge on any atom is -0.465 e. The first-order valence-corrected chi connectivity index (χ1v) is 9.32. The van der Waals surface area contributed by atoms with Gasteiger partial charge < -0.3 is 4.74 Å². The quantitative estimate of drug-likeness (QED) is 0.789. The number of anilines is 1. The zero-order valence-electron chi connectivity index (χ0n) is 14.1. The van der Waals surface area contributed by atoms with E-state index in [-0.39, 0.29) is 15.6 Å². The van der Waals surface area contributed by atoms with Crippen LogP contribution < -0.4 is 5.32 Å². The Morgan fingerprint density at radius 3 is 2.56 bits per heavy atom. The average Bonchev–Trinajstić information content (AvgIpc) is 2.94. The summed E-state index contributed by atoms with van der Waals surface area (Å²) in [4.78, 5) is 28.3. The number of benzene rings is 1. The van der Waals surface area contributed by atoms with Crippen LogP contribution in [0.4, 0.5) is 5.13 Å². The predicted molar refractivity (Wildman–Crippen MR) is 93.5 cm³/mol. The number of aryl methyl sites for hydroxylation is 1. The van der Waals surface area contributed by atoms with Crippen LogP contribution in [-0.2, 0) is 14.8 Å². The number of hydrogen-bond donors (Lipinski definition) is 1. The summed E-state index contributed by atoms with van der Waals surface area (Å²) in [7, 11) is 0.439. The van der Waals surface area contributed by atoms with Gasteiger partial charge in [0.05, 0.1) is 17.7 Å². The summed E-state index contributed by atoms with van der Waals surface area (Å²) in [6.07, 6.45) is 0. The lowest BCUT2D eigenvalue weighted by atomic mass is 10.2. The molecule has 0 aliphatic carbocycles. The van der Waals surface area contributed by atoms with Crippen molar-refractivity contribution in [3.05, 3.63) is 40.4 Å². The van der Waals surface area contributed by atoms with Gasteiger partial charge in [-0.2, -0.15) is 0 Å². The first kappa shape index (κ1) is 19.0. The zero-order valence-corrected chi connectivity index (χ0v) is 15.7. The van der Waals surface area contributed by atoms with Crippen LogP contribution in [0.15, 0.2) is 29.2 Å². The Bertz CT molecular complexity index is 919. The number of ether oxygens (including phenoxy) is 1. The normalized spacial score (nSPS) is 11.4. The highest BCUT2D eigenvalue weighted by atomic mass is 32.2. The molecule has 10 heteroatoms.